The minimum atomic E-state index is 0.0646. The third kappa shape index (κ3) is 3.45. The van der Waals surface area contributed by atoms with Crippen molar-refractivity contribution in [2.75, 3.05) is 11.4 Å². The Morgan fingerprint density at radius 2 is 2.05 bits per heavy atom. The molecule has 0 saturated heterocycles. The number of nitrogen functional groups attached to an aromatic ring is 1. The highest BCUT2D eigenvalue weighted by atomic mass is 35.5. The Hall–Kier alpha value is -1.22. The molecule has 1 aromatic rings. The van der Waals surface area contributed by atoms with E-state index in [2.05, 4.69) is 18.7 Å². The second-order valence-corrected chi connectivity index (χ2v) is 6.47. The van der Waals surface area contributed by atoms with Gasteiger partial charge in [-0.25, -0.2) is 0 Å². The van der Waals surface area contributed by atoms with Gasteiger partial charge in [0.05, 0.1) is 10.7 Å². The van der Waals surface area contributed by atoms with Gasteiger partial charge >= 0.3 is 0 Å². The van der Waals surface area contributed by atoms with Crippen LogP contribution in [-0.4, -0.2) is 18.4 Å². The zero-order valence-electron chi connectivity index (χ0n) is 12.3. The van der Waals surface area contributed by atoms with Gasteiger partial charge in [0.1, 0.15) is 5.84 Å². The zero-order valence-corrected chi connectivity index (χ0v) is 13.1. The molecule has 1 saturated carbocycles. The van der Waals surface area contributed by atoms with Crippen LogP contribution >= 0.6 is 11.6 Å². The first-order valence-electron chi connectivity index (χ1n) is 7.39. The maximum absolute atomic E-state index is 7.50. The summed E-state index contributed by atoms with van der Waals surface area (Å²) >= 11 is 6.44. The van der Waals surface area contributed by atoms with Crippen LogP contribution in [0.2, 0.25) is 5.02 Å². The number of rotatable bonds is 5. The fourth-order valence-electron chi connectivity index (χ4n) is 2.96. The molecule has 1 aliphatic carbocycles. The molecule has 0 bridgehead atoms. The third-order valence-electron chi connectivity index (χ3n) is 3.90. The van der Waals surface area contributed by atoms with Crippen molar-refractivity contribution in [3.05, 3.63) is 28.8 Å². The molecule has 1 aromatic carbocycles. The molecule has 3 nitrogen and oxygen atoms in total. The van der Waals surface area contributed by atoms with Crippen LogP contribution in [0, 0.1) is 11.3 Å². The highest BCUT2D eigenvalue weighted by Gasteiger charge is 2.25. The largest absolute Gasteiger partial charge is 0.384 e. The number of halogens is 1. The summed E-state index contributed by atoms with van der Waals surface area (Å²) in [6, 6.07) is 6.31. The monoisotopic (exact) mass is 293 g/mol. The van der Waals surface area contributed by atoms with E-state index >= 15 is 0 Å². The molecule has 4 heteroatoms. The van der Waals surface area contributed by atoms with Crippen LogP contribution in [0.5, 0.6) is 0 Å². The summed E-state index contributed by atoms with van der Waals surface area (Å²) in [6.07, 6.45) is 5.11. The van der Waals surface area contributed by atoms with E-state index in [1.165, 1.54) is 25.7 Å². The van der Waals surface area contributed by atoms with Crippen molar-refractivity contribution in [2.24, 2.45) is 11.7 Å². The summed E-state index contributed by atoms with van der Waals surface area (Å²) in [5, 5.41) is 8.19. The Morgan fingerprint density at radius 3 is 2.55 bits per heavy atom. The molecule has 0 spiro atoms. The molecule has 20 heavy (non-hydrogen) atoms. The number of benzene rings is 1. The van der Waals surface area contributed by atoms with Gasteiger partial charge in [0, 0.05) is 18.2 Å². The van der Waals surface area contributed by atoms with Gasteiger partial charge in [-0.05, 0) is 37.0 Å². The topological polar surface area (TPSA) is 53.1 Å². The van der Waals surface area contributed by atoms with Gasteiger partial charge in [-0.2, -0.15) is 0 Å². The molecule has 0 radical (unpaired) electrons. The van der Waals surface area contributed by atoms with E-state index in [-0.39, 0.29) is 5.84 Å². The molecular formula is C16H24ClN3. The number of anilines is 1. The Labute approximate surface area is 126 Å². The maximum Gasteiger partial charge on any atom is 0.122 e. The Balaban J connectivity index is 2.30. The lowest BCUT2D eigenvalue weighted by Crippen LogP contribution is -2.36. The van der Waals surface area contributed by atoms with Gasteiger partial charge in [0.15, 0.2) is 0 Å². The normalized spacial score (nSPS) is 15.8. The van der Waals surface area contributed by atoms with Crippen LogP contribution in [0.15, 0.2) is 18.2 Å². The summed E-state index contributed by atoms with van der Waals surface area (Å²) in [4.78, 5) is 2.45. The van der Waals surface area contributed by atoms with Gasteiger partial charge in [0.25, 0.3) is 0 Å². The minimum absolute atomic E-state index is 0.0646. The van der Waals surface area contributed by atoms with E-state index in [4.69, 9.17) is 22.7 Å². The van der Waals surface area contributed by atoms with Crippen molar-refractivity contribution in [2.45, 2.75) is 45.6 Å². The van der Waals surface area contributed by atoms with Crippen LogP contribution < -0.4 is 10.6 Å². The quantitative estimate of drug-likeness (QED) is 0.636. The number of nitrogens with one attached hydrogen (secondary N) is 1. The van der Waals surface area contributed by atoms with Crippen LogP contribution in [-0.2, 0) is 0 Å². The second-order valence-electron chi connectivity index (χ2n) is 6.06. The first-order valence-corrected chi connectivity index (χ1v) is 7.77. The van der Waals surface area contributed by atoms with Crippen molar-refractivity contribution in [1.82, 2.24) is 0 Å². The Bertz CT molecular complexity index is 479. The lowest BCUT2D eigenvalue weighted by molar-refractivity contribution is 0.536. The van der Waals surface area contributed by atoms with Gasteiger partial charge in [-0.15, -0.1) is 0 Å². The Morgan fingerprint density at radius 1 is 1.40 bits per heavy atom. The summed E-state index contributed by atoms with van der Waals surface area (Å²) in [7, 11) is 0. The van der Waals surface area contributed by atoms with Crippen LogP contribution in [0.1, 0.15) is 45.1 Å². The molecule has 1 fully saturated rings. The SMILES string of the molecule is CC(C)CN(c1ccc(C(=N)N)cc1Cl)C1CCCC1. The highest BCUT2D eigenvalue weighted by molar-refractivity contribution is 6.33. The standard InChI is InChI=1S/C16H24ClN3/c1-11(2)10-20(13-5-3-4-6-13)15-8-7-12(16(18)19)9-14(15)17/h7-9,11,13H,3-6,10H2,1-2H3,(H3,18,19). The average molecular weight is 294 g/mol. The third-order valence-corrected chi connectivity index (χ3v) is 4.20. The molecule has 0 amide bonds. The predicted molar refractivity (Wildman–Crippen MR) is 86.9 cm³/mol. The second kappa shape index (κ2) is 6.49. The van der Waals surface area contributed by atoms with Gasteiger partial charge in [-0.1, -0.05) is 38.3 Å². The average Bonchev–Trinajstić information content (AvgIpc) is 2.89. The molecular weight excluding hydrogens is 270 g/mol. The van der Waals surface area contributed by atoms with Gasteiger partial charge < -0.3 is 10.6 Å². The molecule has 3 N–H and O–H groups in total. The van der Waals surface area contributed by atoms with Crippen LogP contribution in [0.4, 0.5) is 5.69 Å². The molecule has 2 rings (SSSR count). The number of hydrogen-bond acceptors (Lipinski definition) is 2. The Kier molecular flexibility index (Phi) is 4.92. The summed E-state index contributed by atoms with van der Waals surface area (Å²) in [5.41, 5.74) is 7.29. The fraction of sp³-hybridized carbons (Fsp3) is 0.562. The first-order chi connectivity index (χ1) is 9.49. The van der Waals surface area contributed by atoms with E-state index < -0.39 is 0 Å². The van der Waals surface area contributed by atoms with Crippen molar-refractivity contribution in [3.8, 4) is 0 Å². The molecule has 0 aromatic heterocycles. The molecule has 1 aliphatic rings. The van der Waals surface area contributed by atoms with Gasteiger partial charge in [0.2, 0.25) is 0 Å². The van der Waals surface area contributed by atoms with E-state index in [0.717, 1.165) is 12.2 Å². The number of nitrogens with two attached hydrogens (primary N) is 1. The molecule has 0 unspecified atom stereocenters. The number of nitrogens with zero attached hydrogens (tertiary/aromatic N) is 1. The lowest BCUT2D eigenvalue weighted by atomic mass is 10.1. The van der Waals surface area contributed by atoms with Crippen molar-refractivity contribution in [3.63, 3.8) is 0 Å². The van der Waals surface area contributed by atoms with E-state index in [0.29, 0.717) is 22.5 Å². The molecule has 0 atom stereocenters. The van der Waals surface area contributed by atoms with Crippen molar-refractivity contribution >= 4 is 23.1 Å². The molecule has 0 heterocycles. The summed E-state index contributed by atoms with van der Waals surface area (Å²) < 4.78 is 0. The number of amidine groups is 1. The minimum Gasteiger partial charge on any atom is -0.384 e. The van der Waals surface area contributed by atoms with E-state index in [1.807, 2.05) is 18.2 Å². The summed E-state index contributed by atoms with van der Waals surface area (Å²) in [6.45, 7) is 5.49. The van der Waals surface area contributed by atoms with Gasteiger partial charge in [-0.3, -0.25) is 5.41 Å². The van der Waals surface area contributed by atoms with Crippen molar-refractivity contribution < 1.29 is 0 Å². The van der Waals surface area contributed by atoms with E-state index in [9.17, 15) is 0 Å². The fourth-order valence-corrected chi connectivity index (χ4v) is 3.25. The lowest BCUT2D eigenvalue weighted by Gasteiger charge is -2.33. The molecule has 110 valence electrons. The van der Waals surface area contributed by atoms with Crippen LogP contribution in [0.25, 0.3) is 0 Å². The smallest absolute Gasteiger partial charge is 0.122 e. The highest BCUT2D eigenvalue weighted by Crippen LogP contribution is 2.34. The predicted octanol–water partition coefficient (Wildman–Crippen LogP) is 4.03. The van der Waals surface area contributed by atoms with Crippen LogP contribution in [0.3, 0.4) is 0 Å². The van der Waals surface area contributed by atoms with E-state index in [1.54, 1.807) is 0 Å². The number of hydrogen-bond donors (Lipinski definition) is 2. The summed E-state index contributed by atoms with van der Waals surface area (Å²) in [5.74, 6) is 0.661. The van der Waals surface area contributed by atoms with Crippen molar-refractivity contribution in [1.29, 1.82) is 5.41 Å². The molecule has 0 aliphatic heterocycles. The first kappa shape index (κ1) is 15.2. The maximum atomic E-state index is 7.50. The zero-order chi connectivity index (χ0) is 14.7.